The lowest BCUT2D eigenvalue weighted by molar-refractivity contribution is 0.0126. The summed E-state index contributed by atoms with van der Waals surface area (Å²) in [6.07, 6.45) is 0. The van der Waals surface area contributed by atoms with Gasteiger partial charge in [0.1, 0.15) is 0 Å². The maximum atomic E-state index is 8.60. The van der Waals surface area contributed by atoms with Gasteiger partial charge in [0.25, 0.3) is 0 Å². The van der Waals surface area contributed by atoms with Crippen LogP contribution in [-0.4, -0.2) is 117 Å². The molecule has 146 valence electrons. The summed E-state index contributed by atoms with van der Waals surface area (Å²) in [5, 5.41) is 8.60. The lowest BCUT2D eigenvalue weighted by Gasteiger charge is -2.22. The number of aliphatic hydroxyl groups is 1. The SMILES string of the molecule is COCCOCCN(CCOCCOC)CCOCCOCCO. The molecule has 0 amide bonds. The zero-order valence-corrected chi connectivity index (χ0v) is 15.2. The molecule has 0 aromatic carbocycles. The Morgan fingerprint density at radius 3 is 1.29 bits per heavy atom. The van der Waals surface area contributed by atoms with Gasteiger partial charge >= 0.3 is 0 Å². The Morgan fingerprint density at radius 1 is 0.542 bits per heavy atom. The molecular formula is C16H35NO7. The molecule has 0 rings (SSSR count). The molecule has 0 saturated heterocycles. The summed E-state index contributed by atoms with van der Waals surface area (Å²) in [5.41, 5.74) is 0. The maximum Gasteiger partial charge on any atom is 0.0701 e. The molecule has 0 aliphatic rings. The minimum Gasteiger partial charge on any atom is -0.394 e. The summed E-state index contributed by atoms with van der Waals surface area (Å²) in [7, 11) is 3.32. The van der Waals surface area contributed by atoms with Crippen LogP contribution in [0.2, 0.25) is 0 Å². The minimum atomic E-state index is 0.0416. The van der Waals surface area contributed by atoms with Crippen molar-refractivity contribution < 1.29 is 33.5 Å². The van der Waals surface area contributed by atoms with E-state index in [-0.39, 0.29) is 6.61 Å². The van der Waals surface area contributed by atoms with Gasteiger partial charge in [-0.25, -0.2) is 0 Å². The fourth-order valence-electron chi connectivity index (χ4n) is 1.79. The van der Waals surface area contributed by atoms with E-state index in [1.807, 2.05) is 0 Å². The third-order valence-corrected chi connectivity index (χ3v) is 3.13. The molecule has 0 radical (unpaired) electrons. The standard InChI is InChI=1S/C16H35NO7/c1-19-11-13-21-7-3-17(4-8-22-14-12-20-2)5-9-23-15-16-24-10-6-18/h18H,3-16H2,1-2H3. The molecule has 0 aromatic heterocycles. The molecule has 8 nitrogen and oxygen atoms in total. The molecule has 0 saturated carbocycles. The van der Waals surface area contributed by atoms with E-state index in [1.54, 1.807) is 14.2 Å². The third-order valence-electron chi connectivity index (χ3n) is 3.13. The molecule has 0 aliphatic carbocycles. The summed E-state index contributed by atoms with van der Waals surface area (Å²) in [5.74, 6) is 0. The van der Waals surface area contributed by atoms with Gasteiger partial charge in [-0.3, -0.25) is 4.90 Å². The minimum absolute atomic E-state index is 0.0416. The Morgan fingerprint density at radius 2 is 0.917 bits per heavy atom. The molecule has 24 heavy (non-hydrogen) atoms. The van der Waals surface area contributed by atoms with Crippen molar-refractivity contribution in [2.24, 2.45) is 0 Å². The summed E-state index contributed by atoms with van der Waals surface area (Å²) >= 11 is 0. The predicted molar refractivity (Wildman–Crippen MR) is 90.6 cm³/mol. The largest absolute Gasteiger partial charge is 0.394 e. The Balaban J connectivity index is 3.72. The first kappa shape index (κ1) is 23.7. The third kappa shape index (κ3) is 18.0. The zero-order chi connectivity index (χ0) is 17.7. The number of methoxy groups -OCH3 is 2. The van der Waals surface area contributed by atoms with Crippen molar-refractivity contribution in [3.63, 3.8) is 0 Å². The van der Waals surface area contributed by atoms with E-state index in [9.17, 15) is 0 Å². The fraction of sp³-hybridized carbons (Fsp3) is 1.00. The molecule has 1 N–H and O–H groups in total. The number of rotatable bonds is 20. The molecule has 0 bridgehead atoms. The summed E-state index contributed by atoms with van der Waals surface area (Å²) in [6.45, 7) is 8.23. The van der Waals surface area contributed by atoms with Crippen LogP contribution in [0.3, 0.4) is 0 Å². The van der Waals surface area contributed by atoms with E-state index >= 15 is 0 Å². The van der Waals surface area contributed by atoms with E-state index in [0.717, 1.165) is 19.6 Å². The average molecular weight is 353 g/mol. The van der Waals surface area contributed by atoms with Gasteiger partial charge in [0, 0.05) is 33.9 Å². The summed E-state index contributed by atoms with van der Waals surface area (Å²) in [6, 6.07) is 0. The van der Waals surface area contributed by atoms with Crippen molar-refractivity contribution in [1.29, 1.82) is 0 Å². The lowest BCUT2D eigenvalue weighted by atomic mass is 10.4. The van der Waals surface area contributed by atoms with Crippen LogP contribution in [-0.2, 0) is 28.4 Å². The topological polar surface area (TPSA) is 78.9 Å². The van der Waals surface area contributed by atoms with Crippen LogP contribution in [0, 0.1) is 0 Å². The Bertz CT molecular complexity index is 220. The van der Waals surface area contributed by atoms with E-state index < -0.39 is 0 Å². The highest BCUT2D eigenvalue weighted by molar-refractivity contribution is 4.57. The second kappa shape index (κ2) is 20.7. The first-order valence-corrected chi connectivity index (χ1v) is 8.47. The van der Waals surface area contributed by atoms with Gasteiger partial charge in [0.05, 0.1) is 72.7 Å². The second-order valence-electron chi connectivity index (χ2n) is 5.00. The molecular weight excluding hydrogens is 318 g/mol. The highest BCUT2D eigenvalue weighted by atomic mass is 16.5. The van der Waals surface area contributed by atoms with Crippen LogP contribution in [0.4, 0.5) is 0 Å². The monoisotopic (exact) mass is 353 g/mol. The molecule has 0 fully saturated rings. The van der Waals surface area contributed by atoms with Crippen molar-refractivity contribution in [3.8, 4) is 0 Å². The van der Waals surface area contributed by atoms with Crippen LogP contribution < -0.4 is 0 Å². The van der Waals surface area contributed by atoms with Gasteiger partial charge in [0.15, 0.2) is 0 Å². The van der Waals surface area contributed by atoms with Gasteiger partial charge in [-0.1, -0.05) is 0 Å². The fourth-order valence-corrected chi connectivity index (χ4v) is 1.79. The number of ether oxygens (including phenoxy) is 6. The van der Waals surface area contributed by atoms with Crippen LogP contribution in [0.25, 0.3) is 0 Å². The molecule has 0 aromatic rings. The van der Waals surface area contributed by atoms with Crippen molar-refractivity contribution in [2.75, 3.05) is 107 Å². The van der Waals surface area contributed by atoms with Crippen molar-refractivity contribution in [3.05, 3.63) is 0 Å². The van der Waals surface area contributed by atoms with E-state index in [0.29, 0.717) is 66.1 Å². The van der Waals surface area contributed by atoms with Crippen LogP contribution in [0.5, 0.6) is 0 Å². The Labute approximate surface area is 145 Å². The van der Waals surface area contributed by atoms with E-state index in [1.165, 1.54) is 0 Å². The molecule has 0 unspecified atom stereocenters. The number of aliphatic hydroxyl groups excluding tert-OH is 1. The van der Waals surface area contributed by atoms with E-state index in [4.69, 9.17) is 33.5 Å². The van der Waals surface area contributed by atoms with Crippen LogP contribution >= 0.6 is 0 Å². The quantitative estimate of drug-likeness (QED) is 0.297. The smallest absolute Gasteiger partial charge is 0.0701 e. The van der Waals surface area contributed by atoms with Crippen LogP contribution in [0.1, 0.15) is 0 Å². The van der Waals surface area contributed by atoms with Gasteiger partial charge in [-0.15, -0.1) is 0 Å². The van der Waals surface area contributed by atoms with E-state index in [2.05, 4.69) is 4.90 Å². The maximum absolute atomic E-state index is 8.60. The van der Waals surface area contributed by atoms with Crippen LogP contribution in [0.15, 0.2) is 0 Å². The summed E-state index contributed by atoms with van der Waals surface area (Å²) < 4.78 is 31.6. The molecule has 0 aliphatic heterocycles. The zero-order valence-electron chi connectivity index (χ0n) is 15.2. The highest BCUT2D eigenvalue weighted by Gasteiger charge is 2.05. The van der Waals surface area contributed by atoms with Crippen molar-refractivity contribution in [1.82, 2.24) is 4.90 Å². The first-order chi connectivity index (χ1) is 11.8. The number of hydrogen-bond donors (Lipinski definition) is 1. The normalized spacial score (nSPS) is 11.5. The molecule has 8 heteroatoms. The van der Waals surface area contributed by atoms with Gasteiger partial charge in [-0.05, 0) is 0 Å². The lowest BCUT2D eigenvalue weighted by Crippen LogP contribution is -2.34. The number of hydrogen-bond acceptors (Lipinski definition) is 8. The van der Waals surface area contributed by atoms with Gasteiger partial charge in [0.2, 0.25) is 0 Å². The number of nitrogens with zero attached hydrogens (tertiary/aromatic N) is 1. The molecule has 0 heterocycles. The van der Waals surface area contributed by atoms with Crippen molar-refractivity contribution >= 4 is 0 Å². The summed E-state index contributed by atoms with van der Waals surface area (Å²) in [4.78, 5) is 2.24. The molecule has 0 spiro atoms. The highest BCUT2D eigenvalue weighted by Crippen LogP contribution is 1.92. The average Bonchev–Trinajstić information content (AvgIpc) is 2.59. The second-order valence-corrected chi connectivity index (χ2v) is 5.00. The van der Waals surface area contributed by atoms with Crippen molar-refractivity contribution in [2.45, 2.75) is 0 Å². The Hall–Kier alpha value is -0.320. The molecule has 0 atom stereocenters. The van der Waals surface area contributed by atoms with Gasteiger partial charge < -0.3 is 33.5 Å². The van der Waals surface area contributed by atoms with Gasteiger partial charge in [-0.2, -0.15) is 0 Å². The first-order valence-electron chi connectivity index (χ1n) is 8.47. The predicted octanol–water partition coefficient (Wildman–Crippen LogP) is -0.360. The Kier molecular flexibility index (Phi) is 20.4.